The number of hydrogen-bond acceptors (Lipinski definition) is 6. The number of carboxylic acid groups (broad SMARTS) is 1. The maximum absolute atomic E-state index is 13.4. The van der Waals surface area contributed by atoms with Crippen LogP contribution >= 0.6 is 0 Å². The molecule has 0 aliphatic carbocycles. The molecule has 8 heteroatoms. The number of hydrogen-bond donors (Lipinski definition) is 1. The second-order valence-corrected chi connectivity index (χ2v) is 11.4. The van der Waals surface area contributed by atoms with Crippen LogP contribution in [0, 0.1) is 0 Å². The Labute approximate surface area is 248 Å². The van der Waals surface area contributed by atoms with E-state index >= 15 is 0 Å². The Kier molecular flexibility index (Phi) is 10.6. The molecule has 1 fully saturated rings. The van der Waals surface area contributed by atoms with E-state index in [1.165, 1.54) is 7.11 Å². The second-order valence-electron chi connectivity index (χ2n) is 11.4. The smallest absolute Gasteiger partial charge is 0.410 e. The van der Waals surface area contributed by atoms with Crippen LogP contribution in [0.4, 0.5) is 4.79 Å². The molecule has 2 atom stereocenters. The van der Waals surface area contributed by atoms with E-state index in [2.05, 4.69) is 0 Å². The van der Waals surface area contributed by atoms with Crippen molar-refractivity contribution in [3.63, 3.8) is 0 Å². The summed E-state index contributed by atoms with van der Waals surface area (Å²) < 4.78 is 23.4. The Morgan fingerprint density at radius 1 is 1.00 bits per heavy atom. The SMILES string of the molecule is COc1cc(-c2ccc(CCN(C[C@@H](OC3CCCCO3)c3ccccc3)C(=O)OC(C)(C)C)cc2)ccc1C(=O)O. The van der Waals surface area contributed by atoms with Gasteiger partial charge in [-0.1, -0.05) is 60.7 Å². The topological polar surface area (TPSA) is 94.5 Å². The van der Waals surface area contributed by atoms with Crippen molar-refractivity contribution in [1.82, 2.24) is 4.90 Å². The maximum atomic E-state index is 13.4. The number of ether oxygens (including phenoxy) is 4. The molecule has 1 aliphatic rings. The van der Waals surface area contributed by atoms with Gasteiger partial charge >= 0.3 is 12.1 Å². The molecule has 0 aromatic heterocycles. The van der Waals surface area contributed by atoms with Crippen LogP contribution in [0.15, 0.2) is 72.8 Å². The quantitative estimate of drug-likeness (QED) is 0.260. The minimum Gasteiger partial charge on any atom is -0.496 e. The predicted octanol–water partition coefficient (Wildman–Crippen LogP) is 7.12. The normalized spacial score (nSPS) is 16.0. The largest absolute Gasteiger partial charge is 0.496 e. The van der Waals surface area contributed by atoms with E-state index in [1.807, 2.05) is 75.4 Å². The van der Waals surface area contributed by atoms with Crippen LogP contribution < -0.4 is 4.74 Å². The van der Waals surface area contributed by atoms with Crippen LogP contribution in [0.2, 0.25) is 0 Å². The third kappa shape index (κ3) is 8.81. The van der Waals surface area contributed by atoms with Gasteiger partial charge < -0.3 is 29.0 Å². The van der Waals surface area contributed by atoms with E-state index in [4.69, 9.17) is 18.9 Å². The predicted molar refractivity (Wildman–Crippen MR) is 161 cm³/mol. The number of carbonyl (C=O) groups is 2. The third-order valence-corrected chi connectivity index (χ3v) is 7.05. The van der Waals surface area contributed by atoms with E-state index in [-0.39, 0.29) is 24.1 Å². The fourth-order valence-corrected chi connectivity index (χ4v) is 4.86. The first-order chi connectivity index (χ1) is 20.1. The molecule has 1 aliphatic heterocycles. The van der Waals surface area contributed by atoms with Crippen molar-refractivity contribution in [2.45, 2.75) is 64.4 Å². The van der Waals surface area contributed by atoms with Crippen molar-refractivity contribution in [3.8, 4) is 16.9 Å². The number of methoxy groups -OCH3 is 1. The zero-order chi connectivity index (χ0) is 30.1. The summed E-state index contributed by atoms with van der Waals surface area (Å²) in [6, 6.07) is 23.0. The highest BCUT2D eigenvalue weighted by Gasteiger charge is 2.28. The van der Waals surface area contributed by atoms with Gasteiger partial charge in [0.2, 0.25) is 0 Å². The van der Waals surface area contributed by atoms with Crippen molar-refractivity contribution >= 4 is 12.1 Å². The summed E-state index contributed by atoms with van der Waals surface area (Å²) in [7, 11) is 1.46. The minimum absolute atomic E-state index is 0.118. The lowest BCUT2D eigenvalue weighted by molar-refractivity contribution is -0.192. The fraction of sp³-hybridized carbons (Fsp3) is 0.412. The zero-order valence-electron chi connectivity index (χ0n) is 24.9. The molecule has 0 bridgehead atoms. The Hall–Kier alpha value is -3.88. The molecule has 0 spiro atoms. The number of carbonyl (C=O) groups excluding carboxylic acids is 1. The minimum atomic E-state index is -1.03. The van der Waals surface area contributed by atoms with Crippen molar-refractivity contribution in [2.24, 2.45) is 0 Å². The van der Waals surface area contributed by atoms with Crippen molar-refractivity contribution < 1.29 is 33.6 Å². The standard InChI is InChI=1S/C34H41NO7/c1-34(2,3)42-33(38)35(23-30(26-10-6-5-7-11-26)41-31-12-8-9-21-40-31)20-19-24-13-15-25(16-14-24)27-17-18-28(32(36)37)29(22-27)39-4/h5-7,10-11,13-18,22,30-31H,8-9,12,19-21,23H2,1-4H3,(H,36,37)/t30-,31?/m1/s1. The van der Waals surface area contributed by atoms with Gasteiger partial charge in [0, 0.05) is 13.2 Å². The first-order valence-corrected chi connectivity index (χ1v) is 14.4. The summed E-state index contributed by atoms with van der Waals surface area (Å²) in [6.07, 6.45) is 2.45. The molecule has 1 amide bonds. The number of carboxylic acids is 1. The van der Waals surface area contributed by atoms with Gasteiger partial charge in [-0.15, -0.1) is 0 Å². The van der Waals surface area contributed by atoms with Crippen LogP contribution in [-0.4, -0.2) is 60.8 Å². The summed E-state index contributed by atoms with van der Waals surface area (Å²) in [5.74, 6) is -0.722. The van der Waals surface area contributed by atoms with Crippen LogP contribution in [0.25, 0.3) is 11.1 Å². The van der Waals surface area contributed by atoms with E-state index in [9.17, 15) is 14.7 Å². The van der Waals surface area contributed by atoms with E-state index < -0.39 is 11.6 Å². The van der Waals surface area contributed by atoms with Crippen LogP contribution in [-0.2, 0) is 20.6 Å². The molecule has 3 aromatic rings. The monoisotopic (exact) mass is 575 g/mol. The van der Waals surface area contributed by atoms with Crippen molar-refractivity contribution in [3.05, 3.63) is 89.5 Å². The van der Waals surface area contributed by atoms with Gasteiger partial charge in [-0.25, -0.2) is 9.59 Å². The van der Waals surface area contributed by atoms with Gasteiger partial charge in [0.25, 0.3) is 0 Å². The number of amides is 1. The number of aromatic carboxylic acids is 1. The number of nitrogens with zero attached hydrogens (tertiary/aromatic N) is 1. The molecule has 224 valence electrons. The summed E-state index contributed by atoms with van der Waals surface area (Å²) >= 11 is 0. The number of rotatable bonds is 11. The van der Waals surface area contributed by atoms with Gasteiger partial charge in [-0.3, -0.25) is 0 Å². The summed E-state index contributed by atoms with van der Waals surface area (Å²) in [4.78, 5) is 26.5. The first kappa shape index (κ1) is 31.1. The average molecular weight is 576 g/mol. The molecule has 3 aromatic carbocycles. The molecular formula is C34H41NO7. The van der Waals surface area contributed by atoms with Gasteiger partial charge in [-0.2, -0.15) is 0 Å². The van der Waals surface area contributed by atoms with Crippen molar-refractivity contribution in [2.75, 3.05) is 26.8 Å². The van der Waals surface area contributed by atoms with Gasteiger partial charge in [0.05, 0.1) is 13.7 Å². The Bertz CT molecular complexity index is 1310. The van der Waals surface area contributed by atoms with Gasteiger partial charge in [-0.05, 0) is 80.8 Å². The zero-order valence-corrected chi connectivity index (χ0v) is 24.9. The molecule has 1 heterocycles. The molecule has 0 saturated carbocycles. The molecule has 1 unspecified atom stereocenters. The lowest BCUT2D eigenvalue weighted by Crippen LogP contribution is -2.41. The highest BCUT2D eigenvalue weighted by atomic mass is 16.7. The molecular weight excluding hydrogens is 534 g/mol. The lowest BCUT2D eigenvalue weighted by Gasteiger charge is -2.33. The highest BCUT2D eigenvalue weighted by molar-refractivity contribution is 5.92. The summed E-state index contributed by atoms with van der Waals surface area (Å²) in [5, 5.41) is 9.37. The summed E-state index contributed by atoms with van der Waals surface area (Å²) in [5.41, 5.74) is 3.30. The van der Waals surface area contributed by atoms with Crippen LogP contribution in [0.1, 0.15) is 67.6 Å². The van der Waals surface area contributed by atoms with Gasteiger partial charge in [0.15, 0.2) is 6.29 Å². The molecule has 42 heavy (non-hydrogen) atoms. The Balaban J connectivity index is 1.50. The van der Waals surface area contributed by atoms with Crippen LogP contribution in [0.3, 0.4) is 0 Å². The molecule has 4 rings (SSSR count). The Morgan fingerprint density at radius 3 is 2.33 bits per heavy atom. The van der Waals surface area contributed by atoms with E-state index in [0.29, 0.717) is 31.9 Å². The fourth-order valence-electron chi connectivity index (χ4n) is 4.86. The average Bonchev–Trinajstić information content (AvgIpc) is 2.98. The molecule has 0 radical (unpaired) electrons. The molecule has 1 N–H and O–H groups in total. The molecule has 1 saturated heterocycles. The second kappa shape index (κ2) is 14.3. The van der Waals surface area contributed by atoms with Gasteiger partial charge in [0.1, 0.15) is 23.0 Å². The lowest BCUT2D eigenvalue weighted by atomic mass is 10.0. The van der Waals surface area contributed by atoms with Crippen LogP contribution in [0.5, 0.6) is 5.75 Å². The maximum Gasteiger partial charge on any atom is 0.410 e. The van der Waals surface area contributed by atoms with E-state index in [0.717, 1.165) is 41.5 Å². The summed E-state index contributed by atoms with van der Waals surface area (Å²) in [6.45, 7) is 7.02. The Morgan fingerprint density at radius 2 is 1.71 bits per heavy atom. The third-order valence-electron chi connectivity index (χ3n) is 7.05. The highest BCUT2D eigenvalue weighted by Crippen LogP contribution is 2.29. The molecule has 8 nitrogen and oxygen atoms in total. The first-order valence-electron chi connectivity index (χ1n) is 14.4. The van der Waals surface area contributed by atoms with E-state index in [1.54, 1.807) is 23.1 Å². The van der Waals surface area contributed by atoms with Crippen molar-refractivity contribution in [1.29, 1.82) is 0 Å². The number of benzene rings is 3.